The Bertz CT molecular complexity index is 994. The standard InChI is InChI=1S/C14H18N4O4S3/c19-24(20)9-4-11(10-24)17-5-7-18(8-6-17)25(21,22)13-3-1-2-12-14(13)16-23-15-12/h1-3,11H,4-10H2. The Labute approximate surface area is 150 Å². The fraction of sp³-hybridized carbons (Fsp3) is 0.571. The third kappa shape index (κ3) is 3.19. The number of hydrogen-bond acceptors (Lipinski definition) is 8. The van der Waals surface area contributed by atoms with E-state index in [9.17, 15) is 16.8 Å². The Morgan fingerprint density at radius 3 is 2.56 bits per heavy atom. The molecule has 0 spiro atoms. The molecule has 0 N–H and O–H groups in total. The highest BCUT2D eigenvalue weighted by atomic mass is 32.2. The molecule has 11 heteroatoms. The summed E-state index contributed by atoms with van der Waals surface area (Å²) >= 11 is 0.999. The van der Waals surface area contributed by atoms with Gasteiger partial charge in [-0.05, 0) is 18.6 Å². The minimum Gasteiger partial charge on any atom is -0.297 e. The van der Waals surface area contributed by atoms with Crippen molar-refractivity contribution in [3.63, 3.8) is 0 Å². The maximum Gasteiger partial charge on any atom is 0.245 e. The minimum atomic E-state index is -3.64. The molecular weight excluding hydrogens is 384 g/mol. The molecule has 0 amide bonds. The van der Waals surface area contributed by atoms with Crippen molar-refractivity contribution < 1.29 is 16.8 Å². The van der Waals surface area contributed by atoms with E-state index in [1.54, 1.807) is 18.2 Å². The third-order valence-corrected chi connectivity index (χ3v) is 9.09. The van der Waals surface area contributed by atoms with Crippen LogP contribution in [-0.2, 0) is 19.9 Å². The van der Waals surface area contributed by atoms with Crippen molar-refractivity contribution >= 4 is 42.6 Å². The summed E-state index contributed by atoms with van der Waals surface area (Å²) in [5.41, 5.74) is 0.998. The average molecular weight is 403 g/mol. The van der Waals surface area contributed by atoms with Crippen molar-refractivity contribution in [1.29, 1.82) is 0 Å². The molecule has 8 nitrogen and oxygen atoms in total. The second kappa shape index (κ2) is 6.23. The number of aromatic nitrogens is 2. The lowest BCUT2D eigenvalue weighted by atomic mass is 10.2. The monoisotopic (exact) mass is 402 g/mol. The first kappa shape index (κ1) is 17.3. The zero-order chi connectivity index (χ0) is 17.7. The number of nitrogens with zero attached hydrogens (tertiary/aromatic N) is 4. The number of piperazine rings is 1. The van der Waals surface area contributed by atoms with Gasteiger partial charge in [0.05, 0.1) is 23.2 Å². The van der Waals surface area contributed by atoms with E-state index in [4.69, 9.17) is 0 Å². The fourth-order valence-electron chi connectivity index (χ4n) is 3.50. The first-order valence-corrected chi connectivity index (χ1v) is 12.0. The minimum absolute atomic E-state index is 0.0148. The number of rotatable bonds is 3. The lowest BCUT2D eigenvalue weighted by Crippen LogP contribution is -2.52. The smallest absolute Gasteiger partial charge is 0.245 e. The van der Waals surface area contributed by atoms with Crippen LogP contribution in [0.15, 0.2) is 23.1 Å². The van der Waals surface area contributed by atoms with Gasteiger partial charge in [-0.15, -0.1) is 0 Å². The lowest BCUT2D eigenvalue weighted by Gasteiger charge is -2.36. The van der Waals surface area contributed by atoms with E-state index >= 15 is 0 Å². The van der Waals surface area contributed by atoms with Gasteiger partial charge in [0.25, 0.3) is 0 Å². The van der Waals surface area contributed by atoms with E-state index in [1.165, 1.54) is 4.31 Å². The summed E-state index contributed by atoms with van der Waals surface area (Å²) in [5, 5.41) is 0. The molecular formula is C14H18N4O4S3. The largest absolute Gasteiger partial charge is 0.297 e. The zero-order valence-electron chi connectivity index (χ0n) is 13.4. The number of fused-ring (bicyclic) bond motifs is 1. The second-order valence-electron chi connectivity index (χ2n) is 6.39. The lowest BCUT2D eigenvalue weighted by molar-refractivity contribution is 0.148. The van der Waals surface area contributed by atoms with Crippen LogP contribution in [0.25, 0.3) is 11.0 Å². The number of sulfonamides is 1. The average Bonchev–Trinajstić information content (AvgIpc) is 3.20. The predicted molar refractivity (Wildman–Crippen MR) is 94.8 cm³/mol. The van der Waals surface area contributed by atoms with Gasteiger partial charge in [0, 0.05) is 32.2 Å². The Hall–Kier alpha value is -1.14. The van der Waals surface area contributed by atoms with Crippen molar-refractivity contribution in [1.82, 2.24) is 18.0 Å². The summed E-state index contributed by atoms with van der Waals surface area (Å²) in [6, 6.07) is 5.00. The Balaban J connectivity index is 1.51. The molecule has 2 saturated heterocycles. The van der Waals surface area contributed by atoms with Crippen LogP contribution in [0, 0.1) is 0 Å². The van der Waals surface area contributed by atoms with Crippen LogP contribution in [0.2, 0.25) is 0 Å². The molecule has 0 saturated carbocycles. The summed E-state index contributed by atoms with van der Waals surface area (Å²) < 4.78 is 58.9. The van der Waals surface area contributed by atoms with Gasteiger partial charge in [-0.25, -0.2) is 16.8 Å². The maximum atomic E-state index is 13.0. The van der Waals surface area contributed by atoms with Crippen LogP contribution < -0.4 is 0 Å². The molecule has 0 radical (unpaired) electrons. The topological polar surface area (TPSA) is 101 Å². The van der Waals surface area contributed by atoms with Crippen LogP contribution in [0.5, 0.6) is 0 Å². The van der Waals surface area contributed by atoms with E-state index in [1.807, 2.05) is 0 Å². The van der Waals surface area contributed by atoms with Crippen molar-refractivity contribution in [2.75, 3.05) is 37.7 Å². The van der Waals surface area contributed by atoms with Crippen LogP contribution >= 0.6 is 11.7 Å². The molecule has 4 rings (SSSR count). The molecule has 1 atom stereocenters. The predicted octanol–water partition coefficient (Wildman–Crippen LogP) is 0.185. The summed E-state index contributed by atoms with van der Waals surface area (Å²) in [4.78, 5) is 2.29. The van der Waals surface area contributed by atoms with Crippen molar-refractivity contribution in [2.24, 2.45) is 0 Å². The van der Waals surface area contributed by atoms with Gasteiger partial charge in [0.1, 0.15) is 15.9 Å². The summed E-state index contributed by atoms with van der Waals surface area (Å²) in [7, 11) is -6.57. The number of benzene rings is 1. The number of sulfone groups is 1. The number of hydrogen-bond donors (Lipinski definition) is 0. The van der Waals surface area contributed by atoms with Crippen molar-refractivity contribution in [3.05, 3.63) is 18.2 Å². The normalized spacial score (nSPS) is 25.5. The molecule has 2 aliphatic heterocycles. The zero-order valence-corrected chi connectivity index (χ0v) is 15.9. The molecule has 0 aliphatic carbocycles. The molecule has 1 aromatic heterocycles. The second-order valence-corrected chi connectivity index (χ2v) is 11.0. The van der Waals surface area contributed by atoms with Gasteiger partial charge in [-0.3, -0.25) is 4.90 Å². The van der Waals surface area contributed by atoms with E-state index in [0.29, 0.717) is 43.6 Å². The highest BCUT2D eigenvalue weighted by Gasteiger charge is 2.36. The van der Waals surface area contributed by atoms with Crippen molar-refractivity contribution in [2.45, 2.75) is 17.4 Å². The van der Waals surface area contributed by atoms with Crippen molar-refractivity contribution in [3.8, 4) is 0 Å². The summed E-state index contributed by atoms with van der Waals surface area (Å²) in [6.07, 6.45) is 0.638. The molecule has 1 aromatic carbocycles. The van der Waals surface area contributed by atoms with Crippen LogP contribution in [-0.4, -0.2) is 78.5 Å². The van der Waals surface area contributed by atoms with Crippen LogP contribution in [0.3, 0.4) is 0 Å². The molecule has 3 heterocycles. The van der Waals surface area contributed by atoms with Gasteiger partial charge in [-0.1, -0.05) is 6.07 Å². The Morgan fingerprint density at radius 1 is 1.12 bits per heavy atom. The molecule has 136 valence electrons. The first-order chi connectivity index (χ1) is 11.9. The van der Waals surface area contributed by atoms with Gasteiger partial charge in [0.15, 0.2) is 9.84 Å². The molecule has 2 aromatic rings. The van der Waals surface area contributed by atoms with Gasteiger partial charge in [0.2, 0.25) is 10.0 Å². The Morgan fingerprint density at radius 2 is 1.88 bits per heavy atom. The van der Waals surface area contributed by atoms with E-state index in [0.717, 1.165) is 11.7 Å². The molecule has 2 fully saturated rings. The fourth-order valence-corrected chi connectivity index (χ4v) is 7.44. The first-order valence-electron chi connectivity index (χ1n) is 8.03. The van der Waals surface area contributed by atoms with E-state index in [2.05, 4.69) is 13.6 Å². The maximum absolute atomic E-state index is 13.0. The summed E-state index contributed by atoms with van der Waals surface area (Å²) in [5.74, 6) is 0.415. The Kier molecular flexibility index (Phi) is 4.31. The van der Waals surface area contributed by atoms with Gasteiger partial charge >= 0.3 is 0 Å². The quantitative estimate of drug-likeness (QED) is 0.722. The SMILES string of the molecule is O=S1(=O)CCC(N2CCN(S(=O)(=O)c3cccc4nsnc34)CC2)C1. The molecule has 2 aliphatic rings. The highest BCUT2D eigenvalue weighted by Crippen LogP contribution is 2.26. The van der Waals surface area contributed by atoms with E-state index in [-0.39, 0.29) is 22.4 Å². The van der Waals surface area contributed by atoms with Crippen LogP contribution in [0.1, 0.15) is 6.42 Å². The van der Waals surface area contributed by atoms with Gasteiger partial charge in [-0.2, -0.15) is 13.1 Å². The van der Waals surface area contributed by atoms with Gasteiger partial charge < -0.3 is 0 Å². The molecule has 1 unspecified atom stereocenters. The molecule has 0 bridgehead atoms. The van der Waals surface area contributed by atoms with Crippen LogP contribution in [0.4, 0.5) is 0 Å². The summed E-state index contributed by atoms with van der Waals surface area (Å²) in [6.45, 7) is 1.80. The molecule has 25 heavy (non-hydrogen) atoms. The highest BCUT2D eigenvalue weighted by molar-refractivity contribution is 7.91. The van der Waals surface area contributed by atoms with E-state index < -0.39 is 19.9 Å². The third-order valence-electron chi connectivity index (χ3n) is 4.86.